The van der Waals surface area contributed by atoms with Crippen LogP contribution in [0.3, 0.4) is 0 Å². The first-order valence-corrected chi connectivity index (χ1v) is 11.5. The number of carbonyl (C=O) groups is 2. The highest BCUT2D eigenvalue weighted by Gasteiger charge is 2.33. The van der Waals surface area contributed by atoms with E-state index in [4.69, 9.17) is 9.47 Å². The molecule has 2 aromatic rings. The third-order valence-electron chi connectivity index (χ3n) is 6.22. The van der Waals surface area contributed by atoms with Gasteiger partial charge in [0.2, 0.25) is 5.91 Å². The number of morpholine rings is 1. The van der Waals surface area contributed by atoms with E-state index in [9.17, 15) is 9.59 Å². The van der Waals surface area contributed by atoms with Gasteiger partial charge in [-0.05, 0) is 42.2 Å². The number of nitrogens with zero attached hydrogens (tertiary/aromatic N) is 2. The largest absolute Gasteiger partial charge is 0.481 e. The Morgan fingerprint density at radius 3 is 2.38 bits per heavy atom. The Morgan fingerprint density at radius 2 is 1.69 bits per heavy atom. The highest BCUT2D eigenvalue weighted by Crippen LogP contribution is 2.38. The monoisotopic (exact) mass is 436 g/mol. The zero-order chi connectivity index (χ0) is 22.7. The fraction of sp³-hybridized carbons (Fsp3) is 0.462. The topological polar surface area (TPSA) is 59.1 Å². The van der Waals surface area contributed by atoms with Gasteiger partial charge in [0.15, 0.2) is 6.10 Å². The zero-order valence-corrected chi connectivity index (χ0v) is 19.1. The molecule has 2 atom stereocenters. The molecule has 0 aliphatic carbocycles. The molecule has 0 aromatic heterocycles. The van der Waals surface area contributed by atoms with Crippen molar-refractivity contribution < 1.29 is 19.1 Å². The molecule has 1 saturated heterocycles. The standard InChI is InChI=1S/C26H32N2O4/c1-18(2)25(29)28-12-11-20-9-10-22(17-23(20)24(28)21-7-5-4-6-8-21)32-19(3)26(30)27-13-15-31-16-14-27/h4-10,17-19,24H,11-16H2,1-3H3/t19-,24+/m0/s1. The van der Waals surface area contributed by atoms with E-state index in [1.54, 1.807) is 11.8 Å². The lowest BCUT2D eigenvalue weighted by molar-refractivity contribution is -0.142. The van der Waals surface area contributed by atoms with Crippen molar-refractivity contribution in [2.75, 3.05) is 32.8 Å². The second-order valence-corrected chi connectivity index (χ2v) is 8.81. The number of ether oxygens (including phenoxy) is 2. The summed E-state index contributed by atoms with van der Waals surface area (Å²) in [6, 6.07) is 16.0. The molecule has 32 heavy (non-hydrogen) atoms. The van der Waals surface area contributed by atoms with Gasteiger partial charge in [0.25, 0.3) is 5.91 Å². The molecular formula is C26H32N2O4. The second kappa shape index (κ2) is 9.74. The summed E-state index contributed by atoms with van der Waals surface area (Å²) in [7, 11) is 0. The van der Waals surface area contributed by atoms with Gasteiger partial charge >= 0.3 is 0 Å². The summed E-state index contributed by atoms with van der Waals surface area (Å²) in [6.45, 7) is 8.69. The number of hydrogen-bond donors (Lipinski definition) is 0. The molecule has 1 fully saturated rings. The molecule has 2 heterocycles. The molecular weight excluding hydrogens is 404 g/mol. The van der Waals surface area contributed by atoms with E-state index in [1.807, 2.05) is 49.1 Å². The molecule has 2 aromatic carbocycles. The smallest absolute Gasteiger partial charge is 0.263 e. The maximum Gasteiger partial charge on any atom is 0.263 e. The summed E-state index contributed by atoms with van der Waals surface area (Å²) >= 11 is 0. The van der Waals surface area contributed by atoms with Crippen molar-refractivity contribution >= 4 is 11.8 Å². The highest BCUT2D eigenvalue weighted by molar-refractivity contribution is 5.81. The number of rotatable bonds is 5. The second-order valence-electron chi connectivity index (χ2n) is 8.81. The van der Waals surface area contributed by atoms with Crippen molar-refractivity contribution in [3.63, 3.8) is 0 Å². The Morgan fingerprint density at radius 1 is 0.969 bits per heavy atom. The Hall–Kier alpha value is -2.86. The molecule has 2 aliphatic heterocycles. The number of hydrogen-bond acceptors (Lipinski definition) is 4. The summed E-state index contributed by atoms with van der Waals surface area (Å²) in [4.78, 5) is 29.6. The van der Waals surface area contributed by atoms with Gasteiger partial charge in [0, 0.05) is 25.6 Å². The molecule has 2 aliphatic rings. The fourth-order valence-corrected chi connectivity index (χ4v) is 4.53. The van der Waals surface area contributed by atoms with Crippen molar-refractivity contribution in [1.29, 1.82) is 0 Å². The summed E-state index contributed by atoms with van der Waals surface area (Å²) in [5.41, 5.74) is 3.36. The SMILES string of the molecule is CC(C)C(=O)N1CCc2ccc(O[C@@H](C)C(=O)N3CCOCC3)cc2[C@H]1c1ccccc1. The number of fused-ring (bicyclic) bond motifs is 1. The molecule has 0 unspecified atom stereocenters. The van der Waals surface area contributed by atoms with Gasteiger partial charge in [-0.1, -0.05) is 50.2 Å². The number of amides is 2. The first-order valence-electron chi connectivity index (χ1n) is 11.5. The van der Waals surface area contributed by atoms with Crippen molar-refractivity contribution in [3.05, 3.63) is 65.2 Å². The summed E-state index contributed by atoms with van der Waals surface area (Å²) in [6.07, 6.45) is 0.220. The minimum absolute atomic E-state index is 0.0257. The third kappa shape index (κ3) is 4.65. The van der Waals surface area contributed by atoms with Crippen LogP contribution in [0.4, 0.5) is 0 Å². The lowest BCUT2D eigenvalue weighted by atomic mass is 9.87. The molecule has 4 rings (SSSR count). The molecule has 0 N–H and O–H groups in total. The zero-order valence-electron chi connectivity index (χ0n) is 19.1. The summed E-state index contributed by atoms with van der Waals surface area (Å²) < 4.78 is 11.4. The molecule has 0 radical (unpaired) electrons. The quantitative estimate of drug-likeness (QED) is 0.721. The van der Waals surface area contributed by atoms with Crippen LogP contribution in [0.15, 0.2) is 48.5 Å². The van der Waals surface area contributed by atoms with Gasteiger partial charge in [-0.2, -0.15) is 0 Å². The van der Waals surface area contributed by atoms with Crippen LogP contribution >= 0.6 is 0 Å². The molecule has 2 amide bonds. The van der Waals surface area contributed by atoms with Gasteiger partial charge in [-0.3, -0.25) is 9.59 Å². The first kappa shape index (κ1) is 22.3. The van der Waals surface area contributed by atoms with Crippen LogP contribution in [-0.4, -0.2) is 60.6 Å². The van der Waals surface area contributed by atoms with Crippen LogP contribution in [0.2, 0.25) is 0 Å². The normalized spacial score (nSPS) is 19.4. The van der Waals surface area contributed by atoms with Crippen LogP contribution in [0.1, 0.15) is 43.5 Å². The molecule has 0 spiro atoms. The lowest BCUT2D eigenvalue weighted by Crippen LogP contribution is -2.46. The van der Waals surface area contributed by atoms with Crippen LogP contribution in [0, 0.1) is 5.92 Å². The van der Waals surface area contributed by atoms with E-state index in [0.29, 0.717) is 38.6 Å². The minimum Gasteiger partial charge on any atom is -0.481 e. The first-order chi connectivity index (χ1) is 15.5. The predicted octanol–water partition coefficient (Wildman–Crippen LogP) is 3.44. The Kier molecular flexibility index (Phi) is 6.80. The van der Waals surface area contributed by atoms with E-state index in [0.717, 1.165) is 17.5 Å². The van der Waals surface area contributed by atoms with Gasteiger partial charge < -0.3 is 19.3 Å². The molecule has 0 bridgehead atoms. The molecule has 6 heteroatoms. The van der Waals surface area contributed by atoms with E-state index in [1.165, 1.54) is 5.56 Å². The third-order valence-corrected chi connectivity index (χ3v) is 6.22. The maximum atomic E-state index is 13.1. The maximum absolute atomic E-state index is 13.1. The Bertz CT molecular complexity index is 954. The van der Waals surface area contributed by atoms with E-state index < -0.39 is 6.10 Å². The van der Waals surface area contributed by atoms with E-state index >= 15 is 0 Å². The fourth-order valence-electron chi connectivity index (χ4n) is 4.53. The molecule has 0 saturated carbocycles. The van der Waals surface area contributed by atoms with Crippen LogP contribution < -0.4 is 4.74 Å². The molecule has 170 valence electrons. The number of carbonyl (C=O) groups excluding carboxylic acids is 2. The van der Waals surface area contributed by atoms with Gasteiger partial charge in [-0.15, -0.1) is 0 Å². The van der Waals surface area contributed by atoms with Crippen LogP contribution in [0.5, 0.6) is 5.75 Å². The van der Waals surface area contributed by atoms with Crippen molar-refractivity contribution in [2.45, 2.75) is 39.3 Å². The average Bonchev–Trinajstić information content (AvgIpc) is 2.83. The average molecular weight is 437 g/mol. The predicted molar refractivity (Wildman–Crippen MR) is 122 cm³/mol. The van der Waals surface area contributed by atoms with Gasteiger partial charge in [0.1, 0.15) is 5.75 Å². The Labute approximate surface area is 190 Å². The van der Waals surface area contributed by atoms with Crippen molar-refractivity contribution in [1.82, 2.24) is 9.80 Å². The lowest BCUT2D eigenvalue weighted by Gasteiger charge is -2.39. The van der Waals surface area contributed by atoms with Gasteiger partial charge in [0.05, 0.1) is 19.3 Å². The number of benzene rings is 2. The van der Waals surface area contributed by atoms with Crippen LogP contribution in [0.25, 0.3) is 0 Å². The van der Waals surface area contributed by atoms with Crippen molar-refractivity contribution in [3.8, 4) is 5.75 Å². The summed E-state index contributed by atoms with van der Waals surface area (Å²) in [5, 5.41) is 0. The van der Waals surface area contributed by atoms with Crippen LogP contribution in [-0.2, 0) is 20.7 Å². The molecule has 6 nitrogen and oxygen atoms in total. The minimum atomic E-state index is -0.585. The van der Waals surface area contributed by atoms with E-state index in [-0.39, 0.29) is 23.8 Å². The van der Waals surface area contributed by atoms with Crippen molar-refractivity contribution in [2.24, 2.45) is 5.92 Å². The van der Waals surface area contributed by atoms with E-state index in [2.05, 4.69) is 18.2 Å². The highest BCUT2D eigenvalue weighted by atomic mass is 16.5. The van der Waals surface area contributed by atoms with Gasteiger partial charge in [-0.25, -0.2) is 0 Å². The Balaban J connectivity index is 1.62. The summed E-state index contributed by atoms with van der Waals surface area (Å²) in [5.74, 6) is 0.694.